The minimum absolute atomic E-state index is 0.192. The van der Waals surface area contributed by atoms with E-state index in [2.05, 4.69) is 59.7 Å². The third-order valence-corrected chi connectivity index (χ3v) is 4.68. The predicted octanol–water partition coefficient (Wildman–Crippen LogP) is 4.41. The van der Waals surface area contributed by atoms with Crippen molar-refractivity contribution in [1.29, 1.82) is 0 Å². The summed E-state index contributed by atoms with van der Waals surface area (Å²) < 4.78 is 0. The van der Waals surface area contributed by atoms with Crippen molar-refractivity contribution in [2.24, 2.45) is 10.8 Å². The van der Waals surface area contributed by atoms with Crippen LogP contribution in [0.3, 0.4) is 0 Å². The first-order valence-electron chi connectivity index (χ1n) is 6.79. The fourth-order valence-corrected chi connectivity index (χ4v) is 3.73. The quantitative estimate of drug-likeness (QED) is 0.715. The van der Waals surface area contributed by atoms with Crippen molar-refractivity contribution in [3.8, 4) is 0 Å². The van der Waals surface area contributed by atoms with E-state index in [9.17, 15) is 4.79 Å². The van der Waals surface area contributed by atoms with Crippen molar-refractivity contribution in [3.05, 3.63) is 34.9 Å². The van der Waals surface area contributed by atoms with Gasteiger partial charge < -0.3 is 0 Å². The van der Waals surface area contributed by atoms with Gasteiger partial charge >= 0.3 is 0 Å². The second-order valence-corrected chi connectivity index (χ2v) is 7.00. The van der Waals surface area contributed by atoms with Crippen LogP contribution in [-0.4, -0.2) is 5.78 Å². The Morgan fingerprint density at radius 3 is 1.94 bits per heavy atom. The first-order valence-corrected chi connectivity index (χ1v) is 6.79. The van der Waals surface area contributed by atoms with Crippen LogP contribution in [0.25, 0.3) is 0 Å². The van der Waals surface area contributed by atoms with Crippen molar-refractivity contribution >= 4 is 5.78 Å². The van der Waals surface area contributed by atoms with Crippen LogP contribution in [0.2, 0.25) is 0 Å². The molecule has 0 saturated heterocycles. The standard InChI is InChI=1S/C17H24O/c1-11-8-7-9-12(2)14(11)13-10-16(3,4)15(18)17(13,5)6/h7-9,13H,10H2,1-6H3/t13-/m0/s1. The molecule has 0 unspecified atom stereocenters. The molecule has 0 heterocycles. The molecule has 0 spiro atoms. The lowest BCUT2D eigenvalue weighted by Crippen LogP contribution is -2.29. The van der Waals surface area contributed by atoms with Crippen LogP contribution in [0.5, 0.6) is 0 Å². The number of ketones is 1. The van der Waals surface area contributed by atoms with Gasteiger partial charge in [-0.15, -0.1) is 0 Å². The molecule has 1 fully saturated rings. The molecule has 1 saturated carbocycles. The van der Waals surface area contributed by atoms with Gasteiger partial charge in [0.2, 0.25) is 0 Å². The van der Waals surface area contributed by atoms with Crippen molar-refractivity contribution in [2.45, 2.75) is 53.9 Å². The highest BCUT2D eigenvalue weighted by Crippen LogP contribution is 2.55. The van der Waals surface area contributed by atoms with E-state index < -0.39 is 0 Å². The zero-order valence-electron chi connectivity index (χ0n) is 12.4. The average Bonchev–Trinajstić information content (AvgIpc) is 2.40. The van der Waals surface area contributed by atoms with Crippen LogP contribution in [0.4, 0.5) is 0 Å². The zero-order chi connectivity index (χ0) is 13.7. The van der Waals surface area contributed by atoms with Crippen LogP contribution < -0.4 is 0 Å². The minimum Gasteiger partial charge on any atom is -0.298 e. The van der Waals surface area contributed by atoms with E-state index >= 15 is 0 Å². The van der Waals surface area contributed by atoms with Crippen molar-refractivity contribution in [3.63, 3.8) is 0 Å². The molecular formula is C17H24O. The number of hydrogen-bond acceptors (Lipinski definition) is 1. The van der Waals surface area contributed by atoms with Crippen molar-refractivity contribution < 1.29 is 4.79 Å². The molecule has 18 heavy (non-hydrogen) atoms. The molecule has 0 radical (unpaired) electrons. The molecule has 1 atom stereocenters. The van der Waals surface area contributed by atoms with Gasteiger partial charge in [0, 0.05) is 10.8 Å². The molecule has 1 aliphatic rings. The lowest BCUT2D eigenvalue weighted by molar-refractivity contribution is -0.131. The first kappa shape index (κ1) is 13.3. The van der Waals surface area contributed by atoms with Crippen LogP contribution in [0.1, 0.15) is 56.7 Å². The average molecular weight is 244 g/mol. The largest absolute Gasteiger partial charge is 0.298 e. The van der Waals surface area contributed by atoms with Crippen LogP contribution in [-0.2, 0) is 4.79 Å². The normalized spacial score (nSPS) is 25.4. The fourth-order valence-electron chi connectivity index (χ4n) is 3.73. The van der Waals surface area contributed by atoms with Gasteiger partial charge in [0.25, 0.3) is 0 Å². The fraction of sp³-hybridized carbons (Fsp3) is 0.588. The highest BCUT2D eigenvalue weighted by molar-refractivity contribution is 5.92. The van der Waals surface area contributed by atoms with E-state index in [0.29, 0.717) is 11.7 Å². The minimum atomic E-state index is -0.250. The lowest BCUT2D eigenvalue weighted by atomic mass is 9.74. The van der Waals surface area contributed by atoms with Crippen LogP contribution >= 0.6 is 0 Å². The molecule has 98 valence electrons. The summed E-state index contributed by atoms with van der Waals surface area (Å²) in [5.41, 5.74) is 3.59. The molecule has 1 aliphatic carbocycles. The number of benzene rings is 1. The molecule has 1 aromatic rings. The van der Waals surface area contributed by atoms with Gasteiger partial charge in [-0.2, -0.15) is 0 Å². The molecule has 2 rings (SSSR count). The first-order chi connectivity index (χ1) is 8.18. The van der Waals surface area contributed by atoms with Gasteiger partial charge in [-0.25, -0.2) is 0 Å². The molecule has 0 N–H and O–H groups in total. The molecule has 1 heteroatoms. The van der Waals surface area contributed by atoms with E-state index in [4.69, 9.17) is 0 Å². The van der Waals surface area contributed by atoms with Gasteiger partial charge in [-0.3, -0.25) is 4.79 Å². The van der Waals surface area contributed by atoms with Crippen molar-refractivity contribution in [1.82, 2.24) is 0 Å². The monoisotopic (exact) mass is 244 g/mol. The highest BCUT2D eigenvalue weighted by Gasteiger charge is 2.53. The second-order valence-electron chi connectivity index (χ2n) is 7.00. The lowest BCUT2D eigenvalue weighted by Gasteiger charge is -2.28. The van der Waals surface area contributed by atoms with Crippen LogP contribution in [0.15, 0.2) is 18.2 Å². The Labute approximate surface area is 111 Å². The topological polar surface area (TPSA) is 17.1 Å². The maximum Gasteiger partial charge on any atom is 0.144 e. The van der Waals surface area contributed by atoms with Gasteiger partial charge in [0.1, 0.15) is 5.78 Å². The Morgan fingerprint density at radius 1 is 1.06 bits per heavy atom. The highest BCUT2D eigenvalue weighted by atomic mass is 16.1. The predicted molar refractivity (Wildman–Crippen MR) is 75.8 cm³/mol. The summed E-state index contributed by atoms with van der Waals surface area (Å²) >= 11 is 0. The van der Waals surface area contributed by atoms with Gasteiger partial charge in [-0.05, 0) is 42.9 Å². The maximum absolute atomic E-state index is 12.6. The summed E-state index contributed by atoms with van der Waals surface area (Å²) in [6.07, 6.45) is 0.963. The number of carbonyl (C=O) groups is 1. The molecule has 0 bridgehead atoms. The van der Waals surface area contributed by atoms with Crippen LogP contribution in [0, 0.1) is 24.7 Å². The third-order valence-electron chi connectivity index (χ3n) is 4.68. The smallest absolute Gasteiger partial charge is 0.144 e. The van der Waals surface area contributed by atoms with Gasteiger partial charge in [0.15, 0.2) is 0 Å². The number of aryl methyl sites for hydroxylation is 2. The Hall–Kier alpha value is -1.11. The van der Waals surface area contributed by atoms with E-state index in [-0.39, 0.29) is 10.8 Å². The van der Waals surface area contributed by atoms with E-state index in [0.717, 1.165) is 6.42 Å². The molecule has 1 aromatic carbocycles. The summed E-state index contributed by atoms with van der Waals surface area (Å²) in [5, 5.41) is 0. The van der Waals surface area contributed by atoms with E-state index in [1.54, 1.807) is 0 Å². The van der Waals surface area contributed by atoms with Gasteiger partial charge in [-0.1, -0.05) is 45.9 Å². The molecule has 0 amide bonds. The number of rotatable bonds is 1. The Bertz CT molecular complexity index is 474. The maximum atomic E-state index is 12.6. The number of carbonyl (C=O) groups excluding carboxylic acids is 1. The molecule has 0 aliphatic heterocycles. The molecular weight excluding hydrogens is 220 g/mol. The Morgan fingerprint density at radius 2 is 1.56 bits per heavy atom. The van der Waals surface area contributed by atoms with Gasteiger partial charge in [0.05, 0.1) is 0 Å². The van der Waals surface area contributed by atoms with E-state index in [1.165, 1.54) is 16.7 Å². The number of Topliss-reactive ketones (excluding diaryl/α,β-unsaturated/α-hetero) is 1. The summed E-state index contributed by atoms with van der Waals surface area (Å²) in [5.74, 6) is 0.754. The summed E-state index contributed by atoms with van der Waals surface area (Å²) in [6.45, 7) is 12.7. The molecule has 1 nitrogen and oxygen atoms in total. The Balaban J connectivity index is 2.56. The summed E-state index contributed by atoms with van der Waals surface area (Å²) in [4.78, 5) is 12.6. The van der Waals surface area contributed by atoms with Crippen molar-refractivity contribution in [2.75, 3.05) is 0 Å². The number of hydrogen-bond donors (Lipinski definition) is 0. The zero-order valence-corrected chi connectivity index (χ0v) is 12.4. The summed E-state index contributed by atoms with van der Waals surface area (Å²) in [6, 6.07) is 6.42. The SMILES string of the molecule is Cc1cccc(C)c1[C@@H]1CC(C)(C)C(=O)C1(C)C. The second kappa shape index (κ2) is 3.94. The Kier molecular flexibility index (Phi) is 2.92. The van der Waals surface area contributed by atoms with E-state index in [1.807, 2.05) is 0 Å². The third kappa shape index (κ3) is 1.81. The molecule has 0 aromatic heterocycles. The summed E-state index contributed by atoms with van der Waals surface area (Å²) in [7, 11) is 0.